The molecule has 1 atom stereocenters. The summed E-state index contributed by atoms with van der Waals surface area (Å²) in [6.45, 7) is 17.7. The Bertz CT molecular complexity index is 892. The molecule has 10 heteroatoms. The topological polar surface area (TPSA) is 132 Å². The zero-order chi connectivity index (χ0) is 33.1. The second-order valence-corrected chi connectivity index (χ2v) is 12.1. The Morgan fingerprint density at radius 3 is 2.02 bits per heavy atom. The molecule has 2 aromatic rings. The summed E-state index contributed by atoms with van der Waals surface area (Å²) in [4.78, 5) is 10.9. The third-order valence-electron chi connectivity index (χ3n) is 5.93. The first-order chi connectivity index (χ1) is 20.5. The highest BCUT2D eigenvalue weighted by Crippen LogP contribution is 2.52. The van der Waals surface area contributed by atoms with Crippen molar-refractivity contribution in [2.75, 3.05) is 46.6 Å². The molecule has 0 saturated carbocycles. The number of nitrogens with one attached hydrogen (secondary N) is 1. The third-order valence-corrected chi connectivity index (χ3v) is 7.89. The van der Waals surface area contributed by atoms with E-state index in [1.807, 2.05) is 52.8 Å². The Morgan fingerprint density at radius 1 is 1.09 bits per heavy atom. The summed E-state index contributed by atoms with van der Waals surface area (Å²) in [5, 5.41) is 18.7. The molecule has 0 bridgehead atoms. The Kier molecular flexibility index (Phi) is 27.1. The van der Waals surface area contributed by atoms with E-state index in [0.717, 1.165) is 25.6 Å². The number of carboxylic acid groups (broad SMARTS) is 1. The molecular formula is C33H60N2O7S. The van der Waals surface area contributed by atoms with Crippen molar-refractivity contribution < 1.29 is 33.6 Å². The van der Waals surface area contributed by atoms with Crippen LogP contribution in [0, 0.1) is 18.8 Å². The van der Waals surface area contributed by atoms with Gasteiger partial charge in [-0.1, -0.05) is 83.9 Å². The molecule has 1 heterocycles. The van der Waals surface area contributed by atoms with Gasteiger partial charge in [0, 0.05) is 39.5 Å². The first-order valence-corrected chi connectivity index (χ1v) is 16.9. The van der Waals surface area contributed by atoms with Crippen LogP contribution in [0.4, 0.5) is 4.79 Å². The van der Waals surface area contributed by atoms with Gasteiger partial charge in [-0.25, -0.2) is 9.10 Å². The summed E-state index contributed by atoms with van der Waals surface area (Å²) in [7, 11) is -1.57. The first-order valence-electron chi connectivity index (χ1n) is 15.4. The van der Waals surface area contributed by atoms with Crippen LogP contribution in [0.3, 0.4) is 0 Å². The minimum Gasteiger partial charge on any atom is -0.497 e. The van der Waals surface area contributed by atoms with E-state index in [9.17, 15) is 13.9 Å². The highest BCUT2D eigenvalue weighted by Gasteiger charge is 2.25. The average molecular weight is 629 g/mol. The van der Waals surface area contributed by atoms with Gasteiger partial charge in [0.05, 0.1) is 12.0 Å². The van der Waals surface area contributed by atoms with Crippen molar-refractivity contribution in [1.82, 2.24) is 9.62 Å². The Balaban J connectivity index is 0. The van der Waals surface area contributed by atoms with Crippen LogP contribution in [0.15, 0.2) is 59.5 Å². The summed E-state index contributed by atoms with van der Waals surface area (Å²) in [5.41, 5.74) is 1.32. The second-order valence-electron chi connectivity index (χ2n) is 10.1. The fourth-order valence-corrected chi connectivity index (χ4v) is 5.22. The number of hydrogen-bond donors (Lipinski definition) is 5. The van der Waals surface area contributed by atoms with Gasteiger partial charge in [-0.3, -0.25) is 9.11 Å². The highest BCUT2D eigenvalue weighted by molar-refractivity contribution is 8.22. The second kappa shape index (κ2) is 27.2. The van der Waals surface area contributed by atoms with Gasteiger partial charge < -0.3 is 25.0 Å². The molecule has 1 saturated heterocycles. The minimum absolute atomic E-state index is 0.242. The average Bonchev–Trinajstić information content (AvgIpc) is 3.55. The van der Waals surface area contributed by atoms with E-state index >= 15 is 0 Å². The van der Waals surface area contributed by atoms with Crippen LogP contribution in [-0.2, 0) is 4.74 Å². The fourth-order valence-electron chi connectivity index (χ4n) is 3.53. The highest BCUT2D eigenvalue weighted by atomic mass is 32.3. The fraction of sp³-hybridized carbons (Fsp3) is 0.606. The van der Waals surface area contributed by atoms with E-state index in [0.29, 0.717) is 36.8 Å². The van der Waals surface area contributed by atoms with Gasteiger partial charge in [-0.2, -0.15) is 0 Å². The molecule has 0 radical (unpaired) electrons. The molecule has 1 aliphatic rings. The van der Waals surface area contributed by atoms with Gasteiger partial charge in [0.1, 0.15) is 5.75 Å². The number of hydrogen-bond acceptors (Lipinski definition) is 7. The lowest BCUT2D eigenvalue weighted by atomic mass is 10.1. The SMILES string of the molecule is CC.CCCO.CC[C@@H]1CCOC1.COc1ccc(S(O)(O)N(CCCNC(=O)O)CC(C)C)cc1.Cc1ccccc1. The van der Waals surface area contributed by atoms with Gasteiger partial charge in [0.25, 0.3) is 0 Å². The zero-order valence-corrected chi connectivity index (χ0v) is 28.6. The molecule has 5 N–H and O–H groups in total. The van der Waals surface area contributed by atoms with Crippen molar-refractivity contribution >= 4 is 16.9 Å². The van der Waals surface area contributed by atoms with Crippen LogP contribution in [0.25, 0.3) is 0 Å². The predicted octanol–water partition coefficient (Wildman–Crippen LogP) is 8.18. The van der Waals surface area contributed by atoms with Crippen molar-refractivity contribution in [2.45, 2.75) is 79.0 Å². The smallest absolute Gasteiger partial charge is 0.404 e. The number of benzene rings is 2. The molecule has 1 amide bonds. The molecule has 9 nitrogen and oxygen atoms in total. The molecule has 0 aromatic heterocycles. The Hall–Kier alpha value is -2.34. The molecule has 3 rings (SSSR count). The van der Waals surface area contributed by atoms with Crippen LogP contribution in [0.1, 0.15) is 72.8 Å². The van der Waals surface area contributed by atoms with Crippen LogP contribution in [0.5, 0.6) is 5.75 Å². The molecule has 2 aromatic carbocycles. The molecule has 1 fully saturated rings. The quantitative estimate of drug-likeness (QED) is 0.157. The lowest BCUT2D eigenvalue weighted by Crippen LogP contribution is -2.34. The molecule has 0 spiro atoms. The zero-order valence-electron chi connectivity index (χ0n) is 27.8. The van der Waals surface area contributed by atoms with Gasteiger partial charge in [0.15, 0.2) is 0 Å². The number of rotatable bonds is 11. The number of carbonyl (C=O) groups is 1. The standard InChI is InChI=1S/C15H26N2O5S.C7H8.C6H12O.C3H8O.C2H6/c1-12(2)11-17(10-4-9-16-15(18)19)23(20,21)14-7-5-13(22-3)6-8-14;1-7-5-3-2-4-6-7;1-2-6-3-4-7-5-6;1-2-3-4;1-2/h5-8,12,16,20-21H,4,9-11H2,1-3H3,(H,18,19);2-6H,1H3;6H,2-5H2,1H3;4H,2-3H2,1H3;1-2H3/t;;6-;;/m..1../s1. The summed E-state index contributed by atoms with van der Waals surface area (Å²) >= 11 is 0. The molecular weight excluding hydrogens is 568 g/mol. The maximum absolute atomic E-state index is 10.7. The van der Waals surface area contributed by atoms with Gasteiger partial charge in [-0.15, -0.1) is 10.8 Å². The summed E-state index contributed by atoms with van der Waals surface area (Å²) in [6.07, 6.45) is 2.86. The van der Waals surface area contributed by atoms with E-state index in [4.69, 9.17) is 19.7 Å². The number of aliphatic hydroxyl groups is 1. The number of methoxy groups -OCH3 is 1. The molecule has 250 valence electrons. The van der Waals surface area contributed by atoms with Crippen LogP contribution < -0.4 is 10.1 Å². The van der Waals surface area contributed by atoms with E-state index < -0.39 is 16.9 Å². The van der Waals surface area contributed by atoms with E-state index in [1.165, 1.54) is 18.4 Å². The monoisotopic (exact) mass is 628 g/mol. The largest absolute Gasteiger partial charge is 0.497 e. The van der Waals surface area contributed by atoms with E-state index in [-0.39, 0.29) is 12.5 Å². The maximum atomic E-state index is 10.7. The third kappa shape index (κ3) is 21.9. The molecule has 0 unspecified atom stereocenters. The van der Waals surface area contributed by atoms with Gasteiger partial charge in [-0.05, 0) is 62.3 Å². The summed E-state index contributed by atoms with van der Waals surface area (Å²) < 4.78 is 33.1. The van der Waals surface area contributed by atoms with E-state index in [2.05, 4.69) is 31.3 Å². The van der Waals surface area contributed by atoms with Crippen molar-refractivity contribution in [3.8, 4) is 5.75 Å². The predicted molar refractivity (Wildman–Crippen MR) is 180 cm³/mol. The van der Waals surface area contributed by atoms with Crippen molar-refractivity contribution in [3.63, 3.8) is 0 Å². The number of aryl methyl sites for hydroxylation is 1. The number of ether oxygens (including phenoxy) is 2. The maximum Gasteiger partial charge on any atom is 0.404 e. The van der Waals surface area contributed by atoms with Gasteiger partial charge >= 0.3 is 6.09 Å². The number of amides is 1. The Labute approximate surface area is 263 Å². The van der Waals surface area contributed by atoms with Crippen molar-refractivity contribution in [1.29, 1.82) is 0 Å². The summed E-state index contributed by atoms with van der Waals surface area (Å²) in [6, 6.07) is 16.9. The van der Waals surface area contributed by atoms with Crippen LogP contribution in [-0.4, -0.2) is 76.3 Å². The van der Waals surface area contributed by atoms with E-state index in [1.54, 1.807) is 35.7 Å². The molecule has 43 heavy (non-hydrogen) atoms. The van der Waals surface area contributed by atoms with Gasteiger partial charge in [0.2, 0.25) is 0 Å². The summed E-state index contributed by atoms with van der Waals surface area (Å²) in [5.74, 6) is 1.76. The Morgan fingerprint density at radius 2 is 1.67 bits per heavy atom. The lowest BCUT2D eigenvalue weighted by molar-refractivity contribution is 0.185. The number of aliphatic hydroxyl groups excluding tert-OH is 1. The van der Waals surface area contributed by atoms with Crippen LogP contribution in [0.2, 0.25) is 0 Å². The van der Waals surface area contributed by atoms with Crippen molar-refractivity contribution in [3.05, 3.63) is 60.2 Å². The van der Waals surface area contributed by atoms with Crippen molar-refractivity contribution in [2.24, 2.45) is 11.8 Å². The van der Waals surface area contributed by atoms with Crippen LogP contribution >= 0.6 is 10.8 Å². The minimum atomic E-state index is -3.12. The molecule has 1 aliphatic heterocycles. The molecule has 0 aliphatic carbocycles. The number of nitrogens with zero attached hydrogens (tertiary/aromatic N) is 1. The lowest BCUT2D eigenvalue weighted by Gasteiger charge is -2.43. The first kappa shape index (κ1) is 42.8. The normalized spacial score (nSPS) is 14.0.